The van der Waals surface area contributed by atoms with E-state index in [-0.39, 0.29) is 40.7 Å². The fourth-order valence-corrected chi connectivity index (χ4v) is 4.09. The molecular weight excluding hydrogens is 352 g/mol. The topological polar surface area (TPSA) is 99.5 Å². The number of phenolic OH excluding ortho intramolecular Hbond substituents is 1. The Morgan fingerprint density at radius 3 is 2.81 bits per heavy atom. The number of anilines is 1. The van der Waals surface area contributed by atoms with E-state index in [9.17, 15) is 19.8 Å². The first-order chi connectivity index (χ1) is 12.9. The van der Waals surface area contributed by atoms with Crippen molar-refractivity contribution in [1.29, 1.82) is 0 Å². The van der Waals surface area contributed by atoms with Crippen LogP contribution in [-0.2, 0) is 4.74 Å². The van der Waals surface area contributed by atoms with Gasteiger partial charge in [0.2, 0.25) is 0 Å². The molecular formula is C19H22N2O6. The van der Waals surface area contributed by atoms with Crippen molar-refractivity contribution < 1.29 is 29.3 Å². The van der Waals surface area contributed by atoms with Gasteiger partial charge in [-0.05, 0) is 30.7 Å². The Labute approximate surface area is 156 Å². The van der Waals surface area contributed by atoms with Crippen molar-refractivity contribution in [2.75, 3.05) is 25.2 Å². The van der Waals surface area contributed by atoms with Crippen LogP contribution in [0.3, 0.4) is 0 Å². The van der Waals surface area contributed by atoms with Crippen LogP contribution < -0.4 is 9.64 Å². The molecule has 8 nitrogen and oxygen atoms in total. The third kappa shape index (κ3) is 2.71. The van der Waals surface area contributed by atoms with Crippen molar-refractivity contribution in [1.82, 2.24) is 4.90 Å². The first kappa shape index (κ1) is 17.7. The average Bonchev–Trinajstić information content (AvgIpc) is 3.30. The zero-order chi connectivity index (χ0) is 19.3. The van der Waals surface area contributed by atoms with E-state index in [4.69, 9.17) is 9.47 Å². The number of nitrogens with zero attached hydrogens (tertiary/aromatic N) is 2. The molecule has 144 valence electrons. The second kappa shape index (κ2) is 6.16. The summed E-state index contributed by atoms with van der Waals surface area (Å²) >= 11 is 0. The van der Waals surface area contributed by atoms with Gasteiger partial charge in [-0.3, -0.25) is 4.79 Å². The number of carbonyl (C=O) groups excluding carboxylic acids is 2. The molecule has 2 fully saturated rings. The number of aliphatic hydroxyl groups is 1. The maximum Gasteiger partial charge on any atom is 0.416 e. The molecule has 2 N–H and O–H groups in total. The van der Waals surface area contributed by atoms with Crippen molar-refractivity contribution in [2.24, 2.45) is 5.41 Å². The lowest BCUT2D eigenvalue weighted by atomic mass is 10.0. The van der Waals surface area contributed by atoms with Crippen LogP contribution in [-0.4, -0.2) is 59.6 Å². The quantitative estimate of drug-likeness (QED) is 0.784. The smallest absolute Gasteiger partial charge is 0.416 e. The number of carbonyl (C=O) groups is 2. The van der Waals surface area contributed by atoms with Crippen LogP contribution in [0.15, 0.2) is 24.8 Å². The van der Waals surface area contributed by atoms with Gasteiger partial charge in [0.05, 0.1) is 24.4 Å². The summed E-state index contributed by atoms with van der Waals surface area (Å²) in [5.74, 6) is -0.414. The van der Waals surface area contributed by atoms with E-state index in [0.29, 0.717) is 13.0 Å². The largest absolute Gasteiger partial charge is 0.504 e. The molecule has 1 aliphatic carbocycles. The van der Waals surface area contributed by atoms with Crippen LogP contribution >= 0.6 is 0 Å². The number of phenols is 1. The van der Waals surface area contributed by atoms with Gasteiger partial charge in [-0.2, -0.15) is 0 Å². The number of ether oxygens (including phenoxy) is 2. The summed E-state index contributed by atoms with van der Waals surface area (Å²) in [5.41, 5.74) is 0.315. The van der Waals surface area contributed by atoms with Crippen molar-refractivity contribution in [2.45, 2.75) is 31.5 Å². The Morgan fingerprint density at radius 1 is 1.44 bits per heavy atom. The highest BCUT2D eigenvalue weighted by Crippen LogP contribution is 2.56. The number of methoxy groups -OCH3 is 1. The van der Waals surface area contributed by atoms with Crippen LogP contribution in [0.1, 0.15) is 29.6 Å². The molecule has 3 aliphatic rings. The van der Waals surface area contributed by atoms with E-state index in [1.54, 1.807) is 4.90 Å². The molecule has 1 saturated carbocycles. The van der Waals surface area contributed by atoms with Gasteiger partial charge in [0.25, 0.3) is 5.91 Å². The van der Waals surface area contributed by atoms with Crippen LogP contribution in [0.5, 0.6) is 11.5 Å². The number of hydrogen-bond donors (Lipinski definition) is 2. The Morgan fingerprint density at radius 2 is 2.19 bits per heavy atom. The molecule has 1 saturated heterocycles. The highest BCUT2D eigenvalue weighted by Gasteiger charge is 2.57. The lowest BCUT2D eigenvalue weighted by Gasteiger charge is -2.31. The van der Waals surface area contributed by atoms with Crippen LogP contribution in [0.25, 0.3) is 0 Å². The van der Waals surface area contributed by atoms with E-state index < -0.39 is 18.4 Å². The molecule has 1 unspecified atom stereocenters. The van der Waals surface area contributed by atoms with E-state index in [0.717, 1.165) is 17.7 Å². The zero-order valence-electron chi connectivity index (χ0n) is 15.1. The second-order valence-electron chi connectivity index (χ2n) is 7.39. The zero-order valence-corrected chi connectivity index (χ0v) is 15.1. The van der Waals surface area contributed by atoms with Crippen molar-refractivity contribution >= 4 is 17.7 Å². The van der Waals surface area contributed by atoms with Gasteiger partial charge < -0.3 is 24.6 Å². The number of rotatable bonds is 3. The van der Waals surface area contributed by atoms with Crippen molar-refractivity contribution in [3.8, 4) is 11.5 Å². The number of benzene rings is 1. The fourth-order valence-electron chi connectivity index (χ4n) is 4.09. The van der Waals surface area contributed by atoms with Gasteiger partial charge in [0.1, 0.15) is 6.61 Å². The van der Waals surface area contributed by atoms with Gasteiger partial charge in [0.15, 0.2) is 17.7 Å². The first-order valence-corrected chi connectivity index (χ1v) is 8.88. The number of fused-ring (bicyclic) bond motifs is 2. The Bertz CT molecular complexity index is 819. The van der Waals surface area contributed by atoms with E-state index in [1.165, 1.54) is 25.3 Å². The number of aromatic hydroxyl groups is 1. The number of amides is 2. The summed E-state index contributed by atoms with van der Waals surface area (Å²) < 4.78 is 10.2. The monoisotopic (exact) mass is 374 g/mol. The minimum Gasteiger partial charge on any atom is -0.504 e. The SMILES string of the molecule is C=CCOC(=O)N1c2cc(O)c(OC)cc2C(=O)N2CC3(CC3)C[C@H]2C1O. The molecule has 0 bridgehead atoms. The van der Waals surface area contributed by atoms with Gasteiger partial charge in [-0.1, -0.05) is 12.7 Å². The Hall–Kier alpha value is -2.74. The molecule has 27 heavy (non-hydrogen) atoms. The summed E-state index contributed by atoms with van der Waals surface area (Å²) in [7, 11) is 1.38. The summed E-state index contributed by atoms with van der Waals surface area (Å²) in [6, 6.07) is 2.12. The predicted molar refractivity (Wildman–Crippen MR) is 95.8 cm³/mol. The average molecular weight is 374 g/mol. The van der Waals surface area contributed by atoms with Gasteiger partial charge in [-0.25, -0.2) is 9.69 Å². The van der Waals surface area contributed by atoms with Crippen LogP contribution in [0.2, 0.25) is 0 Å². The number of hydrogen-bond acceptors (Lipinski definition) is 6. The summed E-state index contributed by atoms with van der Waals surface area (Å²) in [6.07, 6.45) is 1.97. The highest BCUT2D eigenvalue weighted by molar-refractivity contribution is 6.06. The molecule has 2 aliphatic heterocycles. The van der Waals surface area contributed by atoms with E-state index in [1.807, 2.05) is 0 Å². The summed E-state index contributed by atoms with van der Waals surface area (Å²) in [5, 5.41) is 21.2. The first-order valence-electron chi connectivity index (χ1n) is 8.88. The molecule has 2 amide bonds. The standard InChI is InChI=1S/C19H22N2O6/c1-3-6-27-18(25)21-12-8-14(22)15(26-2)7-11(12)16(23)20-10-19(4-5-19)9-13(20)17(21)24/h3,7-8,13,17,22,24H,1,4-6,9-10H2,2H3/t13-,17?/m0/s1. The fraction of sp³-hybridized carbons (Fsp3) is 0.474. The van der Waals surface area contributed by atoms with Crippen LogP contribution in [0.4, 0.5) is 10.5 Å². The minimum atomic E-state index is -1.28. The third-order valence-electron chi connectivity index (χ3n) is 5.68. The molecule has 4 rings (SSSR count). The minimum absolute atomic E-state index is 0.0359. The summed E-state index contributed by atoms with van der Waals surface area (Å²) in [4.78, 5) is 28.6. The van der Waals surface area contributed by atoms with Crippen molar-refractivity contribution in [3.05, 3.63) is 30.4 Å². The van der Waals surface area contributed by atoms with Crippen molar-refractivity contribution in [3.63, 3.8) is 0 Å². The highest BCUT2D eigenvalue weighted by atomic mass is 16.6. The van der Waals surface area contributed by atoms with E-state index in [2.05, 4.69) is 6.58 Å². The van der Waals surface area contributed by atoms with Gasteiger partial charge >= 0.3 is 6.09 Å². The van der Waals surface area contributed by atoms with E-state index >= 15 is 0 Å². The Kier molecular flexibility index (Phi) is 4.03. The van der Waals surface area contributed by atoms with Crippen LogP contribution in [0, 0.1) is 5.41 Å². The number of aliphatic hydroxyl groups excluding tert-OH is 1. The molecule has 2 atom stereocenters. The predicted octanol–water partition coefficient (Wildman–Crippen LogP) is 1.86. The molecule has 1 aromatic rings. The summed E-state index contributed by atoms with van der Waals surface area (Å²) in [6.45, 7) is 4.02. The third-order valence-corrected chi connectivity index (χ3v) is 5.68. The Balaban J connectivity index is 1.83. The molecule has 0 radical (unpaired) electrons. The van der Waals surface area contributed by atoms with Gasteiger partial charge in [-0.15, -0.1) is 0 Å². The molecule has 0 aromatic heterocycles. The normalized spacial score (nSPS) is 24.9. The lowest BCUT2D eigenvalue weighted by molar-refractivity contribution is 0.0496. The maximum atomic E-state index is 13.2. The molecule has 8 heteroatoms. The maximum absolute atomic E-state index is 13.2. The molecule has 2 heterocycles. The van der Waals surface area contributed by atoms with Gasteiger partial charge in [0, 0.05) is 12.6 Å². The second-order valence-corrected chi connectivity index (χ2v) is 7.39. The lowest BCUT2D eigenvalue weighted by Crippen LogP contribution is -2.50. The molecule has 1 aromatic carbocycles. The molecule has 1 spiro atoms.